The van der Waals surface area contributed by atoms with Gasteiger partial charge >= 0.3 is 0 Å². The second-order valence-corrected chi connectivity index (χ2v) is 6.32. The predicted molar refractivity (Wildman–Crippen MR) is 85.3 cm³/mol. The number of benzene rings is 2. The van der Waals surface area contributed by atoms with Crippen LogP contribution in [0.1, 0.15) is 29.7 Å². The molecule has 3 rings (SSSR count). The van der Waals surface area contributed by atoms with E-state index < -0.39 is 6.10 Å². The third kappa shape index (κ3) is 2.80. The van der Waals surface area contributed by atoms with Crippen molar-refractivity contribution >= 4 is 27.5 Å². The van der Waals surface area contributed by atoms with Gasteiger partial charge in [-0.1, -0.05) is 39.7 Å². The number of fused-ring (bicyclic) bond motifs is 1. The Kier molecular flexibility index (Phi) is 4.20. The molecular formula is C16H14BrClFNO. The Labute approximate surface area is 136 Å². The maximum Gasteiger partial charge on any atom is 0.131 e. The molecule has 21 heavy (non-hydrogen) atoms. The van der Waals surface area contributed by atoms with Gasteiger partial charge in [0.25, 0.3) is 0 Å². The molecule has 2 aromatic carbocycles. The molecule has 5 heteroatoms. The summed E-state index contributed by atoms with van der Waals surface area (Å²) in [6.45, 7) is 0. The largest absolute Gasteiger partial charge is 0.485 e. The van der Waals surface area contributed by atoms with E-state index in [0.29, 0.717) is 17.0 Å². The molecule has 0 aromatic heterocycles. The first-order valence-electron chi connectivity index (χ1n) is 6.67. The van der Waals surface area contributed by atoms with Crippen molar-refractivity contribution in [1.82, 2.24) is 5.32 Å². The summed E-state index contributed by atoms with van der Waals surface area (Å²) in [6.07, 6.45) is 0.226. The van der Waals surface area contributed by atoms with Crippen molar-refractivity contribution in [1.29, 1.82) is 0 Å². The van der Waals surface area contributed by atoms with Gasteiger partial charge < -0.3 is 10.1 Å². The fourth-order valence-corrected chi connectivity index (χ4v) is 3.33. The Morgan fingerprint density at radius 3 is 2.86 bits per heavy atom. The first-order chi connectivity index (χ1) is 10.1. The maximum absolute atomic E-state index is 14.1. The quantitative estimate of drug-likeness (QED) is 0.801. The van der Waals surface area contributed by atoms with Gasteiger partial charge in [0, 0.05) is 28.1 Å². The van der Waals surface area contributed by atoms with E-state index in [0.717, 1.165) is 15.8 Å². The predicted octanol–water partition coefficient (Wildman–Crippen LogP) is 5.03. The molecule has 0 aliphatic carbocycles. The molecule has 0 saturated heterocycles. The Morgan fingerprint density at radius 2 is 2.14 bits per heavy atom. The molecule has 2 unspecified atom stereocenters. The highest BCUT2D eigenvalue weighted by atomic mass is 79.9. The van der Waals surface area contributed by atoms with Crippen LogP contribution in [-0.4, -0.2) is 7.05 Å². The molecule has 1 aliphatic rings. The molecule has 1 N–H and O–H groups in total. The van der Waals surface area contributed by atoms with E-state index in [4.69, 9.17) is 16.3 Å². The first kappa shape index (κ1) is 14.8. The summed E-state index contributed by atoms with van der Waals surface area (Å²) in [5.74, 6) is 0.417. The minimum atomic E-state index is -0.405. The number of hydrogen-bond acceptors (Lipinski definition) is 2. The fourth-order valence-electron chi connectivity index (χ4n) is 2.71. The molecule has 0 bridgehead atoms. The lowest BCUT2D eigenvalue weighted by atomic mass is 9.93. The van der Waals surface area contributed by atoms with E-state index in [2.05, 4.69) is 21.2 Å². The van der Waals surface area contributed by atoms with Crippen LogP contribution in [0.2, 0.25) is 5.02 Å². The fraction of sp³-hybridized carbons (Fsp3) is 0.250. The number of ether oxygens (including phenoxy) is 1. The van der Waals surface area contributed by atoms with Crippen LogP contribution < -0.4 is 10.1 Å². The number of hydrogen-bond donors (Lipinski definition) is 1. The molecule has 2 atom stereocenters. The monoisotopic (exact) mass is 369 g/mol. The molecule has 2 nitrogen and oxygen atoms in total. The summed E-state index contributed by atoms with van der Waals surface area (Å²) in [6, 6.07) is 10.7. The van der Waals surface area contributed by atoms with Crippen LogP contribution in [-0.2, 0) is 0 Å². The van der Waals surface area contributed by atoms with Crippen molar-refractivity contribution in [3.8, 4) is 5.75 Å². The van der Waals surface area contributed by atoms with Crippen LogP contribution in [0.25, 0.3) is 0 Å². The molecule has 0 amide bonds. The number of rotatable bonds is 2. The molecular weight excluding hydrogens is 357 g/mol. The van der Waals surface area contributed by atoms with Gasteiger partial charge in [0.05, 0.1) is 5.02 Å². The van der Waals surface area contributed by atoms with E-state index in [1.165, 1.54) is 6.07 Å². The maximum atomic E-state index is 14.1. The van der Waals surface area contributed by atoms with E-state index in [9.17, 15) is 4.39 Å². The van der Waals surface area contributed by atoms with Crippen LogP contribution in [0, 0.1) is 5.82 Å². The topological polar surface area (TPSA) is 21.3 Å². The van der Waals surface area contributed by atoms with Gasteiger partial charge in [-0.25, -0.2) is 4.39 Å². The average Bonchev–Trinajstić information content (AvgIpc) is 2.45. The van der Waals surface area contributed by atoms with E-state index in [-0.39, 0.29) is 11.9 Å². The molecule has 0 saturated carbocycles. The van der Waals surface area contributed by atoms with Crippen LogP contribution in [0.3, 0.4) is 0 Å². The van der Waals surface area contributed by atoms with E-state index in [1.54, 1.807) is 12.1 Å². The minimum Gasteiger partial charge on any atom is -0.485 e. The highest BCUT2D eigenvalue weighted by Gasteiger charge is 2.31. The number of halogens is 3. The minimum absolute atomic E-state index is 0.0996. The molecule has 0 fully saturated rings. The molecule has 1 aliphatic heterocycles. The smallest absolute Gasteiger partial charge is 0.131 e. The van der Waals surface area contributed by atoms with Gasteiger partial charge in [0.2, 0.25) is 0 Å². The molecule has 110 valence electrons. The summed E-state index contributed by atoms with van der Waals surface area (Å²) < 4.78 is 21.1. The Balaban J connectivity index is 2.04. The summed E-state index contributed by atoms with van der Waals surface area (Å²) >= 11 is 9.60. The van der Waals surface area contributed by atoms with Crippen molar-refractivity contribution in [2.45, 2.75) is 18.6 Å². The van der Waals surface area contributed by atoms with Crippen LogP contribution in [0.4, 0.5) is 4.39 Å². The van der Waals surface area contributed by atoms with Gasteiger partial charge in [0.15, 0.2) is 0 Å². The first-order valence-corrected chi connectivity index (χ1v) is 7.84. The van der Waals surface area contributed by atoms with Crippen molar-refractivity contribution < 1.29 is 9.13 Å². The van der Waals surface area contributed by atoms with Gasteiger partial charge in [-0.3, -0.25) is 0 Å². The SMILES string of the molecule is CNC1CC(c2c(F)cccc2Cl)Oc2cc(Br)ccc21. The summed E-state index contributed by atoms with van der Waals surface area (Å²) in [5, 5.41) is 3.65. The molecule has 0 spiro atoms. The van der Waals surface area contributed by atoms with Crippen molar-refractivity contribution in [2.24, 2.45) is 0 Å². The molecule has 0 radical (unpaired) electrons. The van der Waals surface area contributed by atoms with Crippen LogP contribution >= 0.6 is 27.5 Å². The van der Waals surface area contributed by atoms with Gasteiger partial charge in [0.1, 0.15) is 17.7 Å². The lowest BCUT2D eigenvalue weighted by Gasteiger charge is -2.33. The highest BCUT2D eigenvalue weighted by Crippen LogP contribution is 2.43. The molecule has 1 heterocycles. The van der Waals surface area contributed by atoms with Crippen molar-refractivity contribution in [3.05, 3.63) is 62.8 Å². The standard InChI is InChI=1S/C16H14BrClFNO/c1-20-13-8-15(16-11(18)3-2-4-12(16)19)21-14-7-9(17)5-6-10(13)14/h2-7,13,15,20H,8H2,1H3. The third-order valence-corrected chi connectivity index (χ3v) is 4.56. The zero-order valence-corrected chi connectivity index (χ0v) is 13.7. The van der Waals surface area contributed by atoms with Gasteiger partial charge in [-0.15, -0.1) is 0 Å². The van der Waals surface area contributed by atoms with E-state index >= 15 is 0 Å². The van der Waals surface area contributed by atoms with Crippen LogP contribution in [0.5, 0.6) is 5.75 Å². The third-order valence-electron chi connectivity index (χ3n) is 3.74. The summed E-state index contributed by atoms with van der Waals surface area (Å²) in [7, 11) is 1.89. The average molecular weight is 371 g/mol. The zero-order valence-electron chi connectivity index (χ0n) is 11.4. The van der Waals surface area contributed by atoms with Crippen molar-refractivity contribution in [3.63, 3.8) is 0 Å². The second kappa shape index (κ2) is 5.95. The second-order valence-electron chi connectivity index (χ2n) is 5.00. The van der Waals surface area contributed by atoms with Gasteiger partial charge in [-0.2, -0.15) is 0 Å². The van der Waals surface area contributed by atoms with Gasteiger partial charge in [-0.05, 0) is 31.3 Å². The van der Waals surface area contributed by atoms with E-state index in [1.807, 2.05) is 25.2 Å². The number of nitrogens with one attached hydrogen (secondary N) is 1. The Hall–Kier alpha value is -1.10. The summed E-state index contributed by atoms with van der Waals surface area (Å²) in [4.78, 5) is 0. The molecule has 2 aromatic rings. The van der Waals surface area contributed by atoms with Crippen molar-refractivity contribution in [2.75, 3.05) is 7.05 Å². The highest BCUT2D eigenvalue weighted by molar-refractivity contribution is 9.10. The Bertz CT molecular complexity index is 659. The lowest BCUT2D eigenvalue weighted by Crippen LogP contribution is -2.27. The van der Waals surface area contributed by atoms with Crippen LogP contribution in [0.15, 0.2) is 40.9 Å². The normalized spacial score (nSPS) is 20.8. The zero-order chi connectivity index (χ0) is 15.0. The lowest BCUT2D eigenvalue weighted by molar-refractivity contribution is 0.150. The Morgan fingerprint density at radius 1 is 1.33 bits per heavy atom. The summed E-state index contributed by atoms with van der Waals surface area (Å²) in [5.41, 5.74) is 1.49.